The lowest BCUT2D eigenvalue weighted by atomic mass is 9.85. The molecule has 2 rings (SSSR count). The van der Waals surface area contributed by atoms with Crippen molar-refractivity contribution < 1.29 is 5.11 Å². The van der Waals surface area contributed by atoms with Crippen LogP contribution in [0.15, 0.2) is 24.3 Å². The van der Waals surface area contributed by atoms with E-state index >= 15 is 0 Å². The van der Waals surface area contributed by atoms with Crippen molar-refractivity contribution in [3.8, 4) is 0 Å². The zero-order valence-corrected chi connectivity index (χ0v) is 13.3. The van der Waals surface area contributed by atoms with E-state index in [4.69, 9.17) is 0 Å². The summed E-state index contributed by atoms with van der Waals surface area (Å²) in [5.74, 6) is 0.819. The standard InChI is InChI=1S/C18H29NO/c1-13-8-10-16(11-9-13)18(20)15(3)19(4)17-7-5-6-14(2)12-17/h8-11,14-15,17-18,20H,5-7,12H2,1-4H3. The molecule has 0 spiro atoms. The summed E-state index contributed by atoms with van der Waals surface area (Å²) in [4.78, 5) is 2.39. The van der Waals surface area contributed by atoms with Gasteiger partial charge in [0.1, 0.15) is 0 Å². The quantitative estimate of drug-likeness (QED) is 0.900. The molecule has 2 nitrogen and oxygen atoms in total. The Bertz CT molecular complexity index is 414. The number of hydrogen-bond acceptors (Lipinski definition) is 2. The van der Waals surface area contributed by atoms with Crippen molar-refractivity contribution in [3.63, 3.8) is 0 Å². The Morgan fingerprint density at radius 3 is 2.45 bits per heavy atom. The molecule has 0 heterocycles. The van der Waals surface area contributed by atoms with Gasteiger partial charge in [-0.2, -0.15) is 0 Å². The van der Waals surface area contributed by atoms with Crippen molar-refractivity contribution in [1.82, 2.24) is 4.90 Å². The lowest BCUT2D eigenvalue weighted by Gasteiger charge is -2.39. The van der Waals surface area contributed by atoms with Gasteiger partial charge in [-0.05, 0) is 45.2 Å². The number of aryl methyl sites for hydroxylation is 1. The van der Waals surface area contributed by atoms with Gasteiger partial charge in [0.25, 0.3) is 0 Å². The molecule has 2 heteroatoms. The monoisotopic (exact) mass is 275 g/mol. The molecule has 1 saturated carbocycles. The number of rotatable bonds is 4. The SMILES string of the molecule is Cc1ccc(C(O)C(C)N(C)C2CCCC(C)C2)cc1. The van der Waals surface area contributed by atoms with Crippen LogP contribution in [-0.4, -0.2) is 29.1 Å². The number of hydrogen-bond donors (Lipinski definition) is 1. The van der Waals surface area contributed by atoms with Gasteiger partial charge in [0.2, 0.25) is 0 Å². The summed E-state index contributed by atoms with van der Waals surface area (Å²) in [5, 5.41) is 10.6. The molecule has 0 radical (unpaired) electrons. The van der Waals surface area contributed by atoms with Gasteiger partial charge < -0.3 is 5.11 Å². The summed E-state index contributed by atoms with van der Waals surface area (Å²) >= 11 is 0. The van der Waals surface area contributed by atoms with Crippen LogP contribution in [-0.2, 0) is 0 Å². The largest absolute Gasteiger partial charge is 0.387 e. The lowest BCUT2D eigenvalue weighted by molar-refractivity contribution is 0.0327. The van der Waals surface area contributed by atoms with Crippen LogP contribution in [0.5, 0.6) is 0 Å². The molecule has 1 fully saturated rings. The van der Waals surface area contributed by atoms with Gasteiger partial charge in [0, 0.05) is 12.1 Å². The average molecular weight is 275 g/mol. The highest BCUT2D eigenvalue weighted by Gasteiger charge is 2.28. The second kappa shape index (κ2) is 6.73. The zero-order valence-electron chi connectivity index (χ0n) is 13.3. The first-order valence-electron chi connectivity index (χ1n) is 7.95. The topological polar surface area (TPSA) is 23.5 Å². The van der Waals surface area contributed by atoms with Crippen LogP contribution in [0, 0.1) is 12.8 Å². The van der Waals surface area contributed by atoms with Crippen molar-refractivity contribution in [2.24, 2.45) is 5.92 Å². The molecular weight excluding hydrogens is 246 g/mol. The molecule has 0 aromatic heterocycles. The molecule has 1 N–H and O–H groups in total. The van der Waals surface area contributed by atoms with Crippen molar-refractivity contribution in [2.75, 3.05) is 7.05 Å². The molecule has 0 bridgehead atoms. The first kappa shape index (κ1) is 15.5. The molecule has 4 atom stereocenters. The smallest absolute Gasteiger partial charge is 0.0942 e. The Hall–Kier alpha value is -0.860. The molecule has 0 saturated heterocycles. The fourth-order valence-electron chi connectivity index (χ4n) is 3.37. The first-order chi connectivity index (χ1) is 9.49. The minimum Gasteiger partial charge on any atom is -0.387 e. The lowest BCUT2D eigenvalue weighted by Crippen LogP contribution is -2.43. The highest BCUT2D eigenvalue weighted by Crippen LogP contribution is 2.30. The van der Waals surface area contributed by atoms with Crippen LogP contribution in [0.3, 0.4) is 0 Å². The van der Waals surface area contributed by atoms with Crippen molar-refractivity contribution in [2.45, 2.75) is 64.6 Å². The van der Waals surface area contributed by atoms with E-state index < -0.39 is 6.10 Å². The maximum Gasteiger partial charge on any atom is 0.0942 e. The molecule has 112 valence electrons. The molecule has 0 aliphatic heterocycles. The summed E-state index contributed by atoms with van der Waals surface area (Å²) in [7, 11) is 2.17. The van der Waals surface area contributed by atoms with Crippen LogP contribution in [0.2, 0.25) is 0 Å². The van der Waals surface area contributed by atoms with E-state index in [-0.39, 0.29) is 6.04 Å². The number of nitrogens with zero attached hydrogens (tertiary/aromatic N) is 1. The van der Waals surface area contributed by atoms with Crippen molar-refractivity contribution in [3.05, 3.63) is 35.4 Å². The number of benzene rings is 1. The summed E-state index contributed by atoms with van der Waals surface area (Å²) in [6.07, 6.45) is 4.81. The summed E-state index contributed by atoms with van der Waals surface area (Å²) in [6, 6.07) is 9.03. The molecule has 1 aromatic carbocycles. The zero-order chi connectivity index (χ0) is 14.7. The number of aliphatic hydroxyl groups excluding tert-OH is 1. The molecule has 20 heavy (non-hydrogen) atoms. The fourth-order valence-corrected chi connectivity index (χ4v) is 3.37. The Morgan fingerprint density at radius 1 is 1.20 bits per heavy atom. The third kappa shape index (κ3) is 3.62. The van der Waals surface area contributed by atoms with E-state index in [0.717, 1.165) is 11.5 Å². The van der Waals surface area contributed by atoms with Crippen LogP contribution >= 0.6 is 0 Å². The maximum atomic E-state index is 10.6. The van der Waals surface area contributed by atoms with Gasteiger partial charge in [0.05, 0.1) is 6.10 Å². The van der Waals surface area contributed by atoms with Gasteiger partial charge >= 0.3 is 0 Å². The Kier molecular flexibility index (Phi) is 5.22. The molecule has 1 aromatic rings. The van der Waals surface area contributed by atoms with Crippen molar-refractivity contribution in [1.29, 1.82) is 0 Å². The van der Waals surface area contributed by atoms with E-state index in [1.807, 2.05) is 12.1 Å². The predicted molar refractivity (Wildman–Crippen MR) is 84.8 cm³/mol. The minimum absolute atomic E-state index is 0.160. The summed E-state index contributed by atoms with van der Waals surface area (Å²) in [6.45, 7) is 6.57. The molecule has 1 aliphatic carbocycles. The number of aliphatic hydroxyl groups is 1. The minimum atomic E-state index is -0.405. The van der Waals surface area contributed by atoms with Crippen LogP contribution < -0.4 is 0 Å². The Labute approximate surface area is 123 Å². The van der Waals surface area contributed by atoms with Gasteiger partial charge in [-0.1, -0.05) is 49.6 Å². The fraction of sp³-hybridized carbons (Fsp3) is 0.667. The summed E-state index contributed by atoms with van der Waals surface area (Å²) < 4.78 is 0. The predicted octanol–water partition coefficient (Wildman–Crippen LogP) is 3.93. The van der Waals surface area contributed by atoms with Crippen LogP contribution in [0.25, 0.3) is 0 Å². The molecule has 1 aliphatic rings. The second-order valence-electron chi connectivity index (χ2n) is 6.69. The number of likely N-dealkylation sites (N-methyl/N-ethyl adjacent to an activating group) is 1. The van der Waals surface area contributed by atoms with Gasteiger partial charge in [0.15, 0.2) is 0 Å². The average Bonchev–Trinajstić information content (AvgIpc) is 2.46. The Morgan fingerprint density at radius 2 is 1.85 bits per heavy atom. The Balaban J connectivity index is 2.01. The molecular formula is C18H29NO. The van der Waals surface area contributed by atoms with E-state index in [1.165, 1.54) is 31.2 Å². The molecule has 4 unspecified atom stereocenters. The van der Waals surface area contributed by atoms with Crippen LogP contribution in [0.4, 0.5) is 0 Å². The van der Waals surface area contributed by atoms with Gasteiger partial charge in [-0.3, -0.25) is 4.90 Å². The van der Waals surface area contributed by atoms with Gasteiger partial charge in [-0.15, -0.1) is 0 Å². The molecule has 0 amide bonds. The van der Waals surface area contributed by atoms with E-state index in [1.54, 1.807) is 0 Å². The highest BCUT2D eigenvalue weighted by atomic mass is 16.3. The maximum absolute atomic E-state index is 10.6. The third-order valence-electron chi connectivity index (χ3n) is 5.00. The van der Waals surface area contributed by atoms with Crippen molar-refractivity contribution >= 4 is 0 Å². The third-order valence-corrected chi connectivity index (χ3v) is 5.00. The highest BCUT2D eigenvalue weighted by molar-refractivity contribution is 5.24. The van der Waals surface area contributed by atoms with Crippen LogP contribution in [0.1, 0.15) is 56.8 Å². The van der Waals surface area contributed by atoms with E-state index in [0.29, 0.717) is 6.04 Å². The van der Waals surface area contributed by atoms with Gasteiger partial charge in [-0.25, -0.2) is 0 Å². The van der Waals surface area contributed by atoms with E-state index in [2.05, 4.69) is 44.9 Å². The van der Waals surface area contributed by atoms with E-state index in [9.17, 15) is 5.11 Å². The summed E-state index contributed by atoms with van der Waals surface area (Å²) in [5.41, 5.74) is 2.27. The second-order valence-corrected chi connectivity index (χ2v) is 6.69. The normalized spacial score (nSPS) is 26.5. The first-order valence-corrected chi connectivity index (χ1v) is 7.95.